The highest BCUT2D eigenvalue weighted by molar-refractivity contribution is 7.85. The van der Waals surface area contributed by atoms with Gasteiger partial charge in [-0.15, -0.1) is 0 Å². The Morgan fingerprint density at radius 3 is 2.33 bits per heavy atom. The molecule has 1 N–H and O–H groups in total. The van der Waals surface area contributed by atoms with Crippen molar-refractivity contribution in [3.8, 4) is 11.5 Å². The van der Waals surface area contributed by atoms with Crippen LogP contribution >= 0.6 is 0 Å². The van der Waals surface area contributed by atoms with Gasteiger partial charge in [-0.1, -0.05) is 13.0 Å². The van der Waals surface area contributed by atoms with Gasteiger partial charge >= 0.3 is 0 Å². The molecule has 1 atom stereocenters. The van der Waals surface area contributed by atoms with Crippen LogP contribution in [0.1, 0.15) is 12.5 Å². The Morgan fingerprint density at radius 1 is 1.22 bits per heavy atom. The van der Waals surface area contributed by atoms with Gasteiger partial charge in [-0.2, -0.15) is 8.42 Å². The second kappa shape index (κ2) is 6.06. The average Bonchev–Trinajstić information content (AvgIpc) is 2.26. The van der Waals surface area contributed by atoms with Crippen molar-refractivity contribution in [2.45, 2.75) is 13.3 Å². The van der Waals surface area contributed by atoms with Gasteiger partial charge in [-0.25, -0.2) is 0 Å². The zero-order valence-electron chi connectivity index (χ0n) is 10.7. The monoisotopic (exact) mass is 274 g/mol. The average molecular weight is 274 g/mol. The first-order valence-electron chi connectivity index (χ1n) is 5.51. The first kappa shape index (κ1) is 14.8. The summed E-state index contributed by atoms with van der Waals surface area (Å²) in [5, 5.41) is 0. The Morgan fingerprint density at radius 2 is 1.83 bits per heavy atom. The minimum Gasteiger partial charge on any atom is -0.493 e. The molecule has 0 spiro atoms. The van der Waals surface area contributed by atoms with Crippen molar-refractivity contribution >= 4 is 10.1 Å². The molecule has 18 heavy (non-hydrogen) atoms. The van der Waals surface area contributed by atoms with Crippen molar-refractivity contribution in [2.24, 2.45) is 5.92 Å². The fourth-order valence-electron chi connectivity index (χ4n) is 1.83. The second-order valence-electron chi connectivity index (χ2n) is 4.25. The maximum Gasteiger partial charge on any atom is 0.265 e. The molecule has 0 unspecified atom stereocenters. The lowest BCUT2D eigenvalue weighted by atomic mass is 10.0. The predicted molar refractivity (Wildman–Crippen MR) is 68.8 cm³/mol. The van der Waals surface area contributed by atoms with Crippen LogP contribution in [-0.4, -0.2) is 32.9 Å². The Hall–Kier alpha value is -1.27. The Labute approximate surface area is 107 Å². The maximum absolute atomic E-state index is 10.8. The predicted octanol–water partition coefficient (Wildman–Crippen LogP) is 1.77. The molecular weight excluding hydrogens is 256 g/mol. The number of hydrogen-bond acceptors (Lipinski definition) is 4. The highest BCUT2D eigenvalue weighted by Gasteiger charge is 2.14. The number of benzene rings is 1. The van der Waals surface area contributed by atoms with E-state index in [-0.39, 0.29) is 11.7 Å². The van der Waals surface area contributed by atoms with Gasteiger partial charge in [0.2, 0.25) is 0 Å². The van der Waals surface area contributed by atoms with E-state index in [1.807, 2.05) is 6.07 Å². The molecule has 0 heterocycles. The van der Waals surface area contributed by atoms with Crippen LogP contribution in [0.4, 0.5) is 0 Å². The zero-order valence-corrected chi connectivity index (χ0v) is 11.5. The van der Waals surface area contributed by atoms with Gasteiger partial charge in [0.25, 0.3) is 10.1 Å². The fraction of sp³-hybridized carbons (Fsp3) is 0.500. The molecule has 1 rings (SSSR count). The minimum absolute atomic E-state index is 0.168. The van der Waals surface area contributed by atoms with Crippen molar-refractivity contribution in [3.05, 3.63) is 23.8 Å². The van der Waals surface area contributed by atoms with E-state index in [2.05, 4.69) is 0 Å². The molecule has 1 aromatic carbocycles. The van der Waals surface area contributed by atoms with E-state index in [0.29, 0.717) is 17.9 Å². The molecule has 0 aliphatic rings. The zero-order chi connectivity index (χ0) is 13.8. The third kappa shape index (κ3) is 4.54. The Balaban J connectivity index is 2.79. The van der Waals surface area contributed by atoms with Crippen molar-refractivity contribution in [3.63, 3.8) is 0 Å². The van der Waals surface area contributed by atoms with Crippen molar-refractivity contribution in [1.82, 2.24) is 0 Å². The topological polar surface area (TPSA) is 72.8 Å². The summed E-state index contributed by atoms with van der Waals surface area (Å²) < 4.78 is 40.6. The van der Waals surface area contributed by atoms with E-state index in [4.69, 9.17) is 14.0 Å². The molecule has 0 radical (unpaired) electrons. The molecule has 0 fully saturated rings. The minimum atomic E-state index is -3.93. The summed E-state index contributed by atoms with van der Waals surface area (Å²) in [5.74, 6) is 0.817. The van der Waals surface area contributed by atoms with Crippen LogP contribution < -0.4 is 9.47 Å². The molecule has 6 heteroatoms. The summed E-state index contributed by atoms with van der Waals surface area (Å²) in [6.07, 6.45) is 0.542. The van der Waals surface area contributed by atoms with Gasteiger partial charge in [0.1, 0.15) is 0 Å². The molecule has 0 saturated heterocycles. The van der Waals surface area contributed by atoms with Gasteiger partial charge in [0.15, 0.2) is 11.5 Å². The van der Waals surface area contributed by atoms with Crippen molar-refractivity contribution < 1.29 is 22.4 Å². The Kier molecular flexibility index (Phi) is 4.98. The van der Waals surface area contributed by atoms with E-state index < -0.39 is 10.1 Å². The lowest BCUT2D eigenvalue weighted by molar-refractivity contribution is 0.354. The van der Waals surface area contributed by atoms with E-state index >= 15 is 0 Å². The van der Waals surface area contributed by atoms with Crippen LogP contribution in [0.3, 0.4) is 0 Å². The molecule has 0 saturated carbocycles. The van der Waals surface area contributed by atoms with Crippen LogP contribution in [0.15, 0.2) is 18.2 Å². The number of hydrogen-bond donors (Lipinski definition) is 1. The lowest BCUT2D eigenvalue weighted by Gasteiger charge is -2.12. The molecule has 5 nitrogen and oxygen atoms in total. The van der Waals surface area contributed by atoms with Gasteiger partial charge < -0.3 is 9.47 Å². The lowest BCUT2D eigenvalue weighted by Crippen LogP contribution is -2.14. The first-order chi connectivity index (χ1) is 8.35. The van der Waals surface area contributed by atoms with Crippen LogP contribution in [0.5, 0.6) is 11.5 Å². The van der Waals surface area contributed by atoms with E-state index in [1.54, 1.807) is 33.3 Å². The van der Waals surface area contributed by atoms with Crippen molar-refractivity contribution in [1.29, 1.82) is 0 Å². The second-order valence-corrected chi connectivity index (χ2v) is 5.74. The largest absolute Gasteiger partial charge is 0.493 e. The highest BCUT2D eigenvalue weighted by Crippen LogP contribution is 2.28. The number of methoxy groups -OCH3 is 2. The summed E-state index contributed by atoms with van der Waals surface area (Å²) >= 11 is 0. The molecular formula is C12H18O5S. The molecule has 0 aromatic heterocycles. The molecule has 0 amide bonds. The van der Waals surface area contributed by atoms with Gasteiger partial charge in [-0.05, 0) is 30.0 Å². The fourth-order valence-corrected chi connectivity index (χ4v) is 2.67. The molecule has 0 aliphatic carbocycles. The third-order valence-corrected chi connectivity index (χ3v) is 3.52. The quantitative estimate of drug-likeness (QED) is 0.800. The smallest absolute Gasteiger partial charge is 0.265 e. The normalized spacial score (nSPS) is 13.1. The standard InChI is InChI=1S/C12H18O5S/c1-9(8-18(13,14)15)6-10-4-5-11(16-2)12(7-10)17-3/h4-5,7,9H,6,8H2,1-3H3,(H,13,14,15)/t9-/m0/s1. The summed E-state index contributed by atoms with van der Waals surface area (Å²) in [7, 11) is -0.829. The Bertz CT molecular complexity index is 495. The van der Waals surface area contributed by atoms with Crippen molar-refractivity contribution in [2.75, 3.05) is 20.0 Å². The number of rotatable bonds is 6. The maximum atomic E-state index is 10.8. The summed E-state index contributed by atoms with van der Waals surface area (Å²) in [5.41, 5.74) is 0.934. The van der Waals surface area contributed by atoms with Crippen LogP contribution in [0.2, 0.25) is 0 Å². The summed E-state index contributed by atoms with van der Waals surface area (Å²) in [6.45, 7) is 1.77. The third-order valence-electron chi connectivity index (χ3n) is 2.53. The van der Waals surface area contributed by atoms with Gasteiger partial charge in [0.05, 0.1) is 20.0 Å². The number of ether oxygens (including phenoxy) is 2. The summed E-state index contributed by atoms with van der Waals surface area (Å²) in [4.78, 5) is 0. The van der Waals surface area contributed by atoms with E-state index in [1.165, 1.54) is 0 Å². The van der Waals surface area contributed by atoms with E-state index in [0.717, 1.165) is 5.56 Å². The highest BCUT2D eigenvalue weighted by atomic mass is 32.2. The van der Waals surface area contributed by atoms with Crippen LogP contribution in [0, 0.1) is 5.92 Å². The van der Waals surface area contributed by atoms with Crippen LogP contribution in [0.25, 0.3) is 0 Å². The molecule has 1 aromatic rings. The molecule has 0 aliphatic heterocycles. The van der Waals surface area contributed by atoms with Gasteiger partial charge in [0, 0.05) is 0 Å². The first-order valence-corrected chi connectivity index (χ1v) is 7.12. The van der Waals surface area contributed by atoms with Gasteiger partial charge in [-0.3, -0.25) is 4.55 Å². The molecule has 0 bridgehead atoms. The van der Waals surface area contributed by atoms with E-state index in [9.17, 15) is 8.42 Å². The SMILES string of the molecule is COc1ccc(C[C@H](C)CS(=O)(=O)O)cc1OC. The van der Waals surface area contributed by atoms with Crippen LogP contribution in [-0.2, 0) is 16.5 Å². The summed E-state index contributed by atoms with van der Waals surface area (Å²) in [6, 6.07) is 5.43. The molecule has 102 valence electrons.